The Morgan fingerprint density at radius 1 is 1.47 bits per heavy atom. The van der Waals surface area contributed by atoms with Crippen LogP contribution in [0, 0.1) is 11.2 Å². The van der Waals surface area contributed by atoms with Gasteiger partial charge in [0.05, 0.1) is 11.0 Å². The second-order valence-corrected chi connectivity index (χ2v) is 8.05. The van der Waals surface area contributed by atoms with Crippen LogP contribution in [0.2, 0.25) is 0 Å². The molecule has 1 aliphatic heterocycles. The molecule has 1 N–H and O–H groups in total. The number of halogens is 2. The molecule has 0 spiro atoms. The number of nitrogens with zero attached hydrogens (tertiary/aromatic N) is 1. The molecule has 1 heterocycles. The highest BCUT2D eigenvalue weighted by atomic mass is 79.9. The van der Waals surface area contributed by atoms with Crippen molar-refractivity contribution in [3.63, 3.8) is 0 Å². The van der Waals surface area contributed by atoms with Gasteiger partial charge in [-0.25, -0.2) is 4.39 Å². The summed E-state index contributed by atoms with van der Waals surface area (Å²) in [4.78, 5) is 4.48. The molecular formula is C14H18BrFN2S. The molecule has 1 atom stereocenters. The van der Waals surface area contributed by atoms with E-state index in [0.29, 0.717) is 15.1 Å². The zero-order chi connectivity index (χ0) is 14.0. The Morgan fingerprint density at radius 2 is 2.21 bits per heavy atom. The molecule has 0 saturated heterocycles. The lowest BCUT2D eigenvalue weighted by Crippen LogP contribution is -2.16. The fourth-order valence-electron chi connectivity index (χ4n) is 1.97. The number of anilines is 1. The topological polar surface area (TPSA) is 24.4 Å². The van der Waals surface area contributed by atoms with E-state index in [1.165, 1.54) is 6.07 Å². The van der Waals surface area contributed by atoms with Gasteiger partial charge >= 0.3 is 0 Å². The average molecular weight is 345 g/mol. The van der Waals surface area contributed by atoms with Gasteiger partial charge in [-0.15, -0.1) is 0 Å². The smallest absolute Gasteiger partial charge is 0.161 e. The van der Waals surface area contributed by atoms with Gasteiger partial charge in [0, 0.05) is 10.9 Å². The summed E-state index contributed by atoms with van der Waals surface area (Å²) in [6, 6.07) is 5.02. The number of hydrogen-bond donors (Lipinski definition) is 1. The molecule has 2 nitrogen and oxygen atoms in total. The van der Waals surface area contributed by atoms with Gasteiger partial charge in [0.1, 0.15) is 5.82 Å². The summed E-state index contributed by atoms with van der Waals surface area (Å²) in [7, 11) is 0. The normalized spacial score (nSPS) is 19.4. The first-order valence-corrected chi connectivity index (χ1v) is 7.94. The van der Waals surface area contributed by atoms with Crippen LogP contribution < -0.4 is 5.32 Å². The third-order valence-corrected chi connectivity index (χ3v) is 4.47. The van der Waals surface area contributed by atoms with Crippen molar-refractivity contribution in [1.82, 2.24) is 0 Å². The average Bonchev–Trinajstić information content (AvgIpc) is 2.68. The maximum atomic E-state index is 13.4. The van der Waals surface area contributed by atoms with E-state index in [-0.39, 0.29) is 5.82 Å². The third-order valence-electron chi connectivity index (χ3n) is 2.73. The lowest BCUT2D eigenvalue weighted by atomic mass is 9.90. The summed E-state index contributed by atoms with van der Waals surface area (Å²) in [6.45, 7) is 7.55. The fourth-order valence-corrected chi connectivity index (χ4v) is 3.59. The zero-order valence-corrected chi connectivity index (χ0v) is 13.7. The predicted molar refractivity (Wildman–Crippen MR) is 85.5 cm³/mol. The Balaban J connectivity index is 1.93. The van der Waals surface area contributed by atoms with Crippen molar-refractivity contribution in [3.05, 3.63) is 28.5 Å². The number of hydrogen-bond acceptors (Lipinski definition) is 3. The highest BCUT2D eigenvalue weighted by Gasteiger charge is 2.25. The summed E-state index contributed by atoms with van der Waals surface area (Å²) < 4.78 is 13.9. The van der Waals surface area contributed by atoms with Crippen molar-refractivity contribution >= 4 is 38.5 Å². The van der Waals surface area contributed by atoms with E-state index in [9.17, 15) is 4.39 Å². The van der Waals surface area contributed by atoms with Gasteiger partial charge in [0.2, 0.25) is 0 Å². The molecule has 2 rings (SSSR count). The molecule has 1 aromatic carbocycles. The third kappa shape index (κ3) is 4.49. The molecule has 104 valence electrons. The van der Waals surface area contributed by atoms with Gasteiger partial charge in [0.25, 0.3) is 0 Å². The molecule has 1 unspecified atom stereocenters. The van der Waals surface area contributed by atoms with Gasteiger partial charge in [-0.05, 0) is 46.0 Å². The first-order chi connectivity index (χ1) is 8.83. The highest BCUT2D eigenvalue weighted by molar-refractivity contribution is 9.10. The first-order valence-electron chi connectivity index (χ1n) is 6.27. The van der Waals surface area contributed by atoms with Crippen molar-refractivity contribution in [1.29, 1.82) is 0 Å². The molecule has 0 amide bonds. The van der Waals surface area contributed by atoms with E-state index in [0.717, 1.165) is 23.8 Å². The van der Waals surface area contributed by atoms with Gasteiger partial charge < -0.3 is 5.32 Å². The number of amidine groups is 1. The SMILES string of the molecule is CC(C)(C)CC1CN=C(Nc2ccc(Br)c(F)c2)S1. The molecule has 0 bridgehead atoms. The van der Waals surface area contributed by atoms with Crippen LogP contribution in [0.15, 0.2) is 27.7 Å². The van der Waals surface area contributed by atoms with E-state index in [4.69, 9.17) is 0 Å². The van der Waals surface area contributed by atoms with E-state index >= 15 is 0 Å². The molecule has 1 aromatic rings. The number of aliphatic imine (C=N–C) groups is 1. The number of thioether (sulfide) groups is 1. The Bertz CT molecular complexity index is 497. The Hall–Kier alpha value is -0.550. The lowest BCUT2D eigenvalue weighted by Gasteiger charge is -2.21. The molecule has 0 aromatic heterocycles. The van der Waals surface area contributed by atoms with E-state index < -0.39 is 0 Å². The Morgan fingerprint density at radius 3 is 2.84 bits per heavy atom. The summed E-state index contributed by atoms with van der Waals surface area (Å²) >= 11 is 4.89. The van der Waals surface area contributed by atoms with Crippen molar-refractivity contribution in [2.45, 2.75) is 32.4 Å². The Kier molecular flexibility index (Phi) is 4.56. The maximum absolute atomic E-state index is 13.4. The molecule has 0 fully saturated rings. The second-order valence-electron chi connectivity index (χ2n) is 5.90. The monoisotopic (exact) mass is 344 g/mol. The summed E-state index contributed by atoms with van der Waals surface area (Å²) in [5.74, 6) is -0.264. The van der Waals surface area contributed by atoms with Gasteiger partial charge in [-0.3, -0.25) is 4.99 Å². The van der Waals surface area contributed by atoms with Crippen molar-refractivity contribution in [2.24, 2.45) is 10.4 Å². The minimum Gasteiger partial charge on any atom is -0.335 e. The van der Waals surface area contributed by atoms with Crippen LogP contribution in [0.5, 0.6) is 0 Å². The molecule has 5 heteroatoms. The minimum absolute atomic E-state index is 0.264. The van der Waals surface area contributed by atoms with Crippen LogP contribution in [0.25, 0.3) is 0 Å². The van der Waals surface area contributed by atoms with E-state index in [1.807, 2.05) is 6.07 Å². The van der Waals surface area contributed by atoms with Crippen LogP contribution in [-0.2, 0) is 0 Å². The number of nitrogens with one attached hydrogen (secondary N) is 1. The number of rotatable bonds is 2. The van der Waals surface area contributed by atoms with Gasteiger partial charge in [-0.2, -0.15) is 0 Å². The Labute approximate surface area is 126 Å². The predicted octanol–water partition coefficient (Wildman–Crippen LogP) is 4.91. The fraction of sp³-hybridized carbons (Fsp3) is 0.500. The largest absolute Gasteiger partial charge is 0.335 e. The van der Waals surface area contributed by atoms with Gasteiger partial charge in [-0.1, -0.05) is 32.5 Å². The zero-order valence-electron chi connectivity index (χ0n) is 11.3. The highest BCUT2D eigenvalue weighted by Crippen LogP contribution is 2.32. The van der Waals surface area contributed by atoms with Crippen molar-refractivity contribution in [3.8, 4) is 0 Å². The summed E-state index contributed by atoms with van der Waals surface area (Å²) in [6.07, 6.45) is 1.13. The van der Waals surface area contributed by atoms with Crippen LogP contribution in [-0.4, -0.2) is 17.0 Å². The van der Waals surface area contributed by atoms with Crippen LogP contribution in [0.3, 0.4) is 0 Å². The quantitative estimate of drug-likeness (QED) is 0.824. The van der Waals surface area contributed by atoms with Crippen LogP contribution >= 0.6 is 27.7 Å². The molecule has 1 aliphatic rings. The van der Waals surface area contributed by atoms with Gasteiger partial charge in [0.15, 0.2) is 5.17 Å². The summed E-state index contributed by atoms with van der Waals surface area (Å²) in [5.41, 5.74) is 1.05. The summed E-state index contributed by atoms with van der Waals surface area (Å²) in [5, 5.41) is 4.58. The second kappa shape index (κ2) is 5.83. The number of benzene rings is 1. The van der Waals surface area contributed by atoms with Crippen molar-refractivity contribution in [2.75, 3.05) is 11.9 Å². The van der Waals surface area contributed by atoms with Crippen LogP contribution in [0.4, 0.5) is 10.1 Å². The van der Waals surface area contributed by atoms with Crippen LogP contribution in [0.1, 0.15) is 27.2 Å². The first kappa shape index (κ1) is 14.9. The standard InChI is InChI=1S/C14H18BrFN2S/c1-14(2,3)7-10-8-17-13(19-10)18-9-4-5-11(15)12(16)6-9/h4-6,10H,7-8H2,1-3H3,(H,17,18). The molecule has 0 saturated carbocycles. The molecular weight excluding hydrogens is 327 g/mol. The molecule has 0 aliphatic carbocycles. The van der Waals surface area contributed by atoms with E-state index in [1.54, 1.807) is 17.8 Å². The molecule has 0 radical (unpaired) electrons. The molecule has 19 heavy (non-hydrogen) atoms. The lowest BCUT2D eigenvalue weighted by molar-refractivity contribution is 0.375. The van der Waals surface area contributed by atoms with Crippen molar-refractivity contribution < 1.29 is 4.39 Å². The van der Waals surface area contributed by atoms with E-state index in [2.05, 4.69) is 47.0 Å². The minimum atomic E-state index is -0.264. The maximum Gasteiger partial charge on any atom is 0.161 e.